The van der Waals surface area contributed by atoms with Crippen LogP contribution in [0.3, 0.4) is 0 Å². The Morgan fingerprint density at radius 1 is 1.23 bits per heavy atom. The summed E-state index contributed by atoms with van der Waals surface area (Å²) in [4.78, 5) is 23.8. The van der Waals surface area contributed by atoms with Crippen LogP contribution in [0.4, 0.5) is 5.69 Å². The number of aryl methyl sites for hydroxylation is 2. The molecule has 1 aromatic heterocycles. The van der Waals surface area contributed by atoms with Crippen LogP contribution in [0.15, 0.2) is 35.0 Å². The van der Waals surface area contributed by atoms with Crippen molar-refractivity contribution >= 4 is 28.8 Å². The van der Waals surface area contributed by atoms with E-state index >= 15 is 0 Å². The van der Waals surface area contributed by atoms with Crippen molar-refractivity contribution in [2.75, 3.05) is 11.9 Å². The largest absolute Gasteiger partial charge is 0.351 e. The first-order valence-corrected chi connectivity index (χ1v) is 8.24. The molecule has 0 aliphatic rings. The van der Waals surface area contributed by atoms with Crippen molar-refractivity contribution in [2.45, 2.75) is 26.7 Å². The van der Waals surface area contributed by atoms with E-state index in [1.54, 1.807) is 11.4 Å². The summed E-state index contributed by atoms with van der Waals surface area (Å²) in [5, 5.41) is 9.34. The molecule has 0 saturated heterocycles. The molecular formula is C17H20N2O2S. The lowest BCUT2D eigenvalue weighted by Crippen LogP contribution is -2.27. The molecule has 0 fully saturated rings. The number of para-hydroxylation sites is 1. The molecule has 1 aromatic carbocycles. The van der Waals surface area contributed by atoms with Crippen molar-refractivity contribution in [3.63, 3.8) is 0 Å². The third-order valence-corrected chi connectivity index (χ3v) is 4.11. The van der Waals surface area contributed by atoms with E-state index in [0.29, 0.717) is 12.1 Å². The highest BCUT2D eigenvalue weighted by atomic mass is 32.1. The average Bonchev–Trinajstić information content (AvgIpc) is 3.03. The number of benzene rings is 1. The van der Waals surface area contributed by atoms with Gasteiger partial charge >= 0.3 is 0 Å². The minimum absolute atomic E-state index is 0.0883. The molecule has 2 N–H and O–H groups in total. The number of anilines is 1. The van der Waals surface area contributed by atoms with Crippen LogP contribution in [0.1, 0.15) is 34.8 Å². The maximum absolute atomic E-state index is 12.0. The van der Waals surface area contributed by atoms with Gasteiger partial charge in [0.15, 0.2) is 0 Å². The Morgan fingerprint density at radius 3 is 2.73 bits per heavy atom. The Balaban J connectivity index is 1.85. The maximum atomic E-state index is 12.0. The Morgan fingerprint density at radius 2 is 2.05 bits per heavy atom. The second-order valence-corrected chi connectivity index (χ2v) is 5.81. The Labute approximate surface area is 134 Å². The molecule has 1 heterocycles. The lowest BCUT2D eigenvalue weighted by molar-refractivity contribution is -0.116. The molecule has 0 aliphatic carbocycles. The first kappa shape index (κ1) is 16.2. The highest BCUT2D eigenvalue weighted by Gasteiger charge is 2.10. The van der Waals surface area contributed by atoms with Gasteiger partial charge in [-0.15, -0.1) is 0 Å². The number of hydrogen-bond donors (Lipinski definition) is 2. The minimum atomic E-state index is -0.140. The van der Waals surface area contributed by atoms with E-state index in [1.807, 2.05) is 30.5 Å². The minimum Gasteiger partial charge on any atom is -0.351 e. The Bertz CT molecular complexity index is 651. The molecule has 116 valence electrons. The zero-order valence-corrected chi connectivity index (χ0v) is 13.6. The van der Waals surface area contributed by atoms with Crippen LogP contribution in [-0.2, 0) is 11.2 Å². The van der Waals surface area contributed by atoms with E-state index in [2.05, 4.69) is 17.6 Å². The molecule has 4 nitrogen and oxygen atoms in total. The van der Waals surface area contributed by atoms with E-state index in [1.165, 1.54) is 11.3 Å². The van der Waals surface area contributed by atoms with Gasteiger partial charge in [0.05, 0.1) is 0 Å². The summed E-state index contributed by atoms with van der Waals surface area (Å²) in [6.07, 6.45) is 1.12. The Kier molecular flexibility index (Phi) is 5.72. The molecule has 0 aliphatic heterocycles. The van der Waals surface area contributed by atoms with E-state index in [0.717, 1.165) is 23.2 Å². The summed E-state index contributed by atoms with van der Waals surface area (Å²) in [6, 6.07) is 7.75. The van der Waals surface area contributed by atoms with Gasteiger partial charge in [-0.1, -0.05) is 25.1 Å². The first-order chi connectivity index (χ1) is 10.6. The van der Waals surface area contributed by atoms with Crippen molar-refractivity contribution in [1.29, 1.82) is 0 Å². The molecule has 0 saturated carbocycles. The van der Waals surface area contributed by atoms with Crippen molar-refractivity contribution in [3.05, 3.63) is 51.7 Å². The zero-order chi connectivity index (χ0) is 15.9. The normalized spacial score (nSPS) is 10.3. The van der Waals surface area contributed by atoms with Gasteiger partial charge in [-0.2, -0.15) is 11.3 Å². The van der Waals surface area contributed by atoms with Crippen LogP contribution >= 0.6 is 11.3 Å². The van der Waals surface area contributed by atoms with Crippen molar-refractivity contribution in [1.82, 2.24) is 5.32 Å². The van der Waals surface area contributed by atoms with E-state index < -0.39 is 0 Å². The third kappa shape index (κ3) is 4.18. The fourth-order valence-corrected chi connectivity index (χ4v) is 2.83. The van der Waals surface area contributed by atoms with Gasteiger partial charge in [-0.05, 0) is 35.9 Å². The van der Waals surface area contributed by atoms with Crippen molar-refractivity contribution < 1.29 is 9.59 Å². The molecule has 2 aromatic rings. The van der Waals surface area contributed by atoms with Gasteiger partial charge in [0, 0.05) is 29.6 Å². The summed E-state index contributed by atoms with van der Waals surface area (Å²) in [7, 11) is 0. The summed E-state index contributed by atoms with van der Waals surface area (Å²) >= 11 is 1.48. The summed E-state index contributed by atoms with van der Waals surface area (Å²) in [6.45, 7) is 4.37. The van der Waals surface area contributed by atoms with Gasteiger partial charge < -0.3 is 10.6 Å². The second-order valence-electron chi connectivity index (χ2n) is 5.03. The summed E-state index contributed by atoms with van der Waals surface area (Å²) in [5.74, 6) is -0.228. The lowest BCUT2D eigenvalue weighted by Gasteiger charge is -2.13. The van der Waals surface area contributed by atoms with Gasteiger partial charge in [-0.3, -0.25) is 9.59 Å². The third-order valence-electron chi connectivity index (χ3n) is 3.43. The standard InChI is InChI=1S/C17H20N2O2S/c1-3-13-6-4-5-12(2)16(13)19-15(20)7-9-18-17(21)14-8-10-22-11-14/h4-6,8,10-11H,3,7,9H2,1-2H3,(H,18,21)(H,19,20). The van der Waals surface area contributed by atoms with E-state index in [-0.39, 0.29) is 18.2 Å². The molecular weight excluding hydrogens is 296 g/mol. The van der Waals surface area contributed by atoms with E-state index in [9.17, 15) is 9.59 Å². The molecule has 0 spiro atoms. The number of carbonyl (C=O) groups excluding carboxylic acids is 2. The van der Waals surface area contributed by atoms with Crippen LogP contribution in [0.25, 0.3) is 0 Å². The smallest absolute Gasteiger partial charge is 0.252 e. The molecule has 0 atom stereocenters. The van der Waals surface area contributed by atoms with Crippen molar-refractivity contribution in [2.24, 2.45) is 0 Å². The van der Waals surface area contributed by atoms with Gasteiger partial charge in [0.2, 0.25) is 5.91 Å². The van der Waals surface area contributed by atoms with Gasteiger partial charge in [0.1, 0.15) is 0 Å². The van der Waals surface area contributed by atoms with Crippen LogP contribution in [0.5, 0.6) is 0 Å². The SMILES string of the molecule is CCc1cccc(C)c1NC(=O)CCNC(=O)c1ccsc1. The quantitative estimate of drug-likeness (QED) is 0.858. The second kappa shape index (κ2) is 7.75. The molecule has 0 unspecified atom stereocenters. The number of hydrogen-bond acceptors (Lipinski definition) is 3. The molecule has 22 heavy (non-hydrogen) atoms. The number of amides is 2. The number of thiophene rings is 1. The monoisotopic (exact) mass is 316 g/mol. The molecule has 0 radical (unpaired) electrons. The number of nitrogens with one attached hydrogen (secondary N) is 2. The predicted molar refractivity (Wildman–Crippen MR) is 90.5 cm³/mol. The summed E-state index contributed by atoms with van der Waals surface area (Å²) < 4.78 is 0. The molecule has 2 rings (SSSR count). The predicted octanol–water partition coefficient (Wildman–Crippen LogP) is 3.38. The number of carbonyl (C=O) groups is 2. The zero-order valence-electron chi connectivity index (χ0n) is 12.8. The first-order valence-electron chi connectivity index (χ1n) is 7.30. The Hall–Kier alpha value is -2.14. The van der Waals surface area contributed by atoms with E-state index in [4.69, 9.17) is 0 Å². The lowest BCUT2D eigenvalue weighted by atomic mass is 10.1. The van der Waals surface area contributed by atoms with Crippen LogP contribution in [0.2, 0.25) is 0 Å². The highest BCUT2D eigenvalue weighted by molar-refractivity contribution is 7.08. The van der Waals surface area contributed by atoms with Crippen LogP contribution in [-0.4, -0.2) is 18.4 Å². The molecule has 0 bridgehead atoms. The summed E-state index contributed by atoms with van der Waals surface area (Å²) in [5.41, 5.74) is 3.70. The topological polar surface area (TPSA) is 58.2 Å². The van der Waals surface area contributed by atoms with Gasteiger partial charge in [-0.25, -0.2) is 0 Å². The van der Waals surface area contributed by atoms with Gasteiger partial charge in [0.25, 0.3) is 5.91 Å². The van der Waals surface area contributed by atoms with Crippen LogP contribution < -0.4 is 10.6 Å². The fraction of sp³-hybridized carbons (Fsp3) is 0.294. The van der Waals surface area contributed by atoms with Crippen molar-refractivity contribution in [3.8, 4) is 0 Å². The highest BCUT2D eigenvalue weighted by Crippen LogP contribution is 2.21. The van der Waals surface area contributed by atoms with Crippen LogP contribution in [0, 0.1) is 6.92 Å². The number of rotatable bonds is 6. The fourth-order valence-electron chi connectivity index (χ4n) is 2.19. The molecule has 5 heteroatoms. The molecule has 2 amide bonds. The maximum Gasteiger partial charge on any atom is 0.252 e. The average molecular weight is 316 g/mol.